The van der Waals surface area contributed by atoms with E-state index in [1.54, 1.807) is 0 Å². The van der Waals surface area contributed by atoms with E-state index in [2.05, 4.69) is 50.3 Å². The summed E-state index contributed by atoms with van der Waals surface area (Å²) in [6.07, 6.45) is 7.83. The number of fused-ring (bicyclic) bond motifs is 2. The van der Waals surface area contributed by atoms with Gasteiger partial charge < -0.3 is 0 Å². The maximum absolute atomic E-state index is 4.73. The summed E-state index contributed by atoms with van der Waals surface area (Å²) >= 11 is 1.83. The lowest BCUT2D eigenvalue weighted by Gasteiger charge is -2.16. The Morgan fingerprint density at radius 1 is 1.24 bits per heavy atom. The zero-order valence-electron chi connectivity index (χ0n) is 10.1. The molecule has 0 N–H and O–H groups in total. The molecule has 1 nitrogen and oxygen atoms in total. The van der Waals surface area contributed by atoms with Gasteiger partial charge in [0.25, 0.3) is 0 Å². The van der Waals surface area contributed by atoms with Crippen LogP contribution in [0.3, 0.4) is 0 Å². The Kier molecular flexibility index (Phi) is 2.48. The lowest BCUT2D eigenvalue weighted by Crippen LogP contribution is -2.03. The topological polar surface area (TPSA) is 12.4 Å². The summed E-state index contributed by atoms with van der Waals surface area (Å²) in [5, 5.41) is 0. The minimum absolute atomic E-state index is 0.236. The van der Waals surface area contributed by atoms with Crippen molar-refractivity contribution >= 4 is 23.2 Å². The molecule has 2 heteroatoms. The van der Waals surface area contributed by atoms with Gasteiger partial charge in [-0.3, -0.25) is 0 Å². The summed E-state index contributed by atoms with van der Waals surface area (Å²) in [6.45, 7) is 4.52. The lowest BCUT2D eigenvalue weighted by molar-refractivity contribution is 0.490. The lowest BCUT2D eigenvalue weighted by atomic mass is 9.90. The molecule has 0 saturated carbocycles. The molecule has 0 radical (unpaired) electrons. The van der Waals surface area contributed by atoms with Crippen LogP contribution in [0.4, 0.5) is 5.69 Å². The predicted octanol–water partition coefficient (Wildman–Crippen LogP) is 4.73. The number of aliphatic imine (C=N–C) groups is 1. The van der Waals surface area contributed by atoms with E-state index in [1.807, 2.05) is 17.8 Å². The van der Waals surface area contributed by atoms with Crippen LogP contribution in [0.15, 0.2) is 57.3 Å². The number of thioether (sulfide) groups is 1. The van der Waals surface area contributed by atoms with Crippen molar-refractivity contribution in [3.8, 4) is 0 Å². The molecule has 1 aromatic carbocycles. The van der Waals surface area contributed by atoms with Crippen LogP contribution in [0, 0.1) is 5.41 Å². The summed E-state index contributed by atoms with van der Waals surface area (Å²) in [5.74, 6) is 0. The Labute approximate surface area is 106 Å². The van der Waals surface area contributed by atoms with Crippen LogP contribution < -0.4 is 0 Å². The van der Waals surface area contributed by atoms with Crippen LogP contribution in [0.2, 0.25) is 0 Å². The van der Waals surface area contributed by atoms with Crippen LogP contribution in [0.5, 0.6) is 0 Å². The third-order valence-electron chi connectivity index (χ3n) is 3.08. The molecule has 0 spiro atoms. The average Bonchev–Trinajstić information content (AvgIpc) is 2.47. The fourth-order valence-electron chi connectivity index (χ4n) is 1.99. The molecular weight excluding hydrogens is 226 g/mol. The van der Waals surface area contributed by atoms with Crippen molar-refractivity contribution in [2.45, 2.75) is 25.2 Å². The molecular formula is C15H15NS. The summed E-state index contributed by atoms with van der Waals surface area (Å²) in [5.41, 5.74) is 2.44. The molecule has 0 aromatic heterocycles. The molecule has 2 aliphatic rings. The monoisotopic (exact) mass is 241 g/mol. The van der Waals surface area contributed by atoms with Crippen molar-refractivity contribution < 1.29 is 0 Å². The highest BCUT2D eigenvalue weighted by Crippen LogP contribution is 2.42. The van der Waals surface area contributed by atoms with E-state index >= 15 is 0 Å². The van der Waals surface area contributed by atoms with E-state index in [0.29, 0.717) is 0 Å². The minimum atomic E-state index is 0.236. The fraction of sp³-hybridized carbons (Fsp3) is 0.267. The van der Waals surface area contributed by atoms with Crippen LogP contribution in [0.25, 0.3) is 0 Å². The highest BCUT2D eigenvalue weighted by Gasteiger charge is 2.21. The minimum Gasteiger partial charge on any atom is -0.247 e. The van der Waals surface area contributed by atoms with Gasteiger partial charge in [-0.05, 0) is 30.0 Å². The molecule has 0 atom stereocenters. The fourth-order valence-corrected chi connectivity index (χ4v) is 2.97. The van der Waals surface area contributed by atoms with Gasteiger partial charge in [0.1, 0.15) is 0 Å². The summed E-state index contributed by atoms with van der Waals surface area (Å²) in [7, 11) is 0. The van der Waals surface area contributed by atoms with Crippen molar-refractivity contribution in [3.05, 3.63) is 47.4 Å². The summed E-state index contributed by atoms with van der Waals surface area (Å²) < 4.78 is 0. The van der Waals surface area contributed by atoms with Gasteiger partial charge in [0, 0.05) is 9.80 Å². The molecule has 1 aliphatic heterocycles. The van der Waals surface area contributed by atoms with Crippen molar-refractivity contribution in [1.82, 2.24) is 0 Å². The van der Waals surface area contributed by atoms with Gasteiger partial charge in [-0.25, -0.2) is 4.99 Å². The Morgan fingerprint density at radius 3 is 2.94 bits per heavy atom. The van der Waals surface area contributed by atoms with E-state index in [4.69, 9.17) is 4.99 Å². The van der Waals surface area contributed by atoms with E-state index in [-0.39, 0.29) is 5.41 Å². The summed E-state index contributed by atoms with van der Waals surface area (Å²) in [6, 6.07) is 8.34. The third kappa shape index (κ3) is 2.09. The predicted molar refractivity (Wildman–Crippen MR) is 75.0 cm³/mol. The Morgan fingerprint density at radius 2 is 2.06 bits per heavy atom. The molecule has 1 aliphatic carbocycles. The second-order valence-corrected chi connectivity index (χ2v) is 6.25. The van der Waals surface area contributed by atoms with Gasteiger partial charge in [0.2, 0.25) is 0 Å². The second kappa shape index (κ2) is 3.88. The molecule has 0 fully saturated rings. The summed E-state index contributed by atoms with van der Waals surface area (Å²) in [4.78, 5) is 7.29. The van der Waals surface area contributed by atoms with Crippen molar-refractivity contribution in [3.63, 3.8) is 0 Å². The number of para-hydroxylation sites is 1. The van der Waals surface area contributed by atoms with E-state index in [0.717, 1.165) is 17.8 Å². The first-order valence-corrected chi connectivity index (χ1v) is 6.71. The Hall–Kier alpha value is -1.28. The van der Waals surface area contributed by atoms with Crippen LogP contribution in [-0.2, 0) is 0 Å². The zero-order valence-corrected chi connectivity index (χ0v) is 10.9. The number of allylic oxidation sites excluding steroid dienone is 4. The molecule has 86 valence electrons. The SMILES string of the molecule is CC1(C)C=CC2=Nc3ccccc3SC2=CC1. The molecule has 0 amide bonds. The maximum atomic E-state index is 4.73. The van der Waals surface area contributed by atoms with Crippen LogP contribution in [-0.4, -0.2) is 5.71 Å². The second-order valence-electron chi connectivity index (χ2n) is 5.16. The average molecular weight is 241 g/mol. The van der Waals surface area contributed by atoms with Gasteiger partial charge in [-0.1, -0.05) is 49.9 Å². The van der Waals surface area contributed by atoms with Gasteiger partial charge in [0.05, 0.1) is 11.4 Å². The first-order valence-electron chi connectivity index (χ1n) is 5.89. The highest BCUT2D eigenvalue weighted by atomic mass is 32.2. The molecule has 0 bridgehead atoms. The quantitative estimate of drug-likeness (QED) is 0.639. The molecule has 0 unspecified atom stereocenters. The van der Waals surface area contributed by atoms with Gasteiger partial charge in [-0.15, -0.1) is 0 Å². The number of rotatable bonds is 0. The standard InChI is InChI=1S/C15H15NS/c1-15(2)9-7-12-14(8-10-15)17-13-6-4-3-5-11(13)16-12/h3-9H,10H2,1-2H3. The molecule has 17 heavy (non-hydrogen) atoms. The first-order chi connectivity index (χ1) is 8.14. The van der Waals surface area contributed by atoms with Crippen molar-refractivity contribution in [1.29, 1.82) is 0 Å². The van der Waals surface area contributed by atoms with Crippen LogP contribution >= 0.6 is 11.8 Å². The third-order valence-corrected chi connectivity index (χ3v) is 4.25. The molecule has 0 saturated heterocycles. The number of hydrogen-bond acceptors (Lipinski definition) is 2. The number of benzene rings is 1. The van der Waals surface area contributed by atoms with Gasteiger partial charge >= 0.3 is 0 Å². The first kappa shape index (κ1) is 10.8. The Balaban J connectivity index is 2.09. The molecule has 1 heterocycles. The van der Waals surface area contributed by atoms with E-state index < -0.39 is 0 Å². The van der Waals surface area contributed by atoms with Crippen molar-refractivity contribution in [2.75, 3.05) is 0 Å². The zero-order chi connectivity index (χ0) is 11.9. The van der Waals surface area contributed by atoms with Gasteiger partial charge in [0.15, 0.2) is 0 Å². The number of nitrogens with zero attached hydrogens (tertiary/aromatic N) is 1. The number of hydrogen-bond donors (Lipinski definition) is 0. The highest BCUT2D eigenvalue weighted by molar-refractivity contribution is 8.04. The largest absolute Gasteiger partial charge is 0.247 e. The van der Waals surface area contributed by atoms with Gasteiger partial charge in [-0.2, -0.15) is 0 Å². The van der Waals surface area contributed by atoms with E-state index in [9.17, 15) is 0 Å². The maximum Gasteiger partial charge on any atom is 0.0776 e. The molecule has 3 rings (SSSR count). The smallest absolute Gasteiger partial charge is 0.0776 e. The molecule has 1 aromatic rings. The normalized spacial score (nSPS) is 20.8. The van der Waals surface area contributed by atoms with Crippen molar-refractivity contribution in [2.24, 2.45) is 10.4 Å². The van der Waals surface area contributed by atoms with Crippen LogP contribution in [0.1, 0.15) is 20.3 Å². The van der Waals surface area contributed by atoms with E-state index in [1.165, 1.54) is 9.80 Å². The Bertz CT molecular complexity index is 550.